The number of hydrogen-bond donors (Lipinski definition) is 0. The SMILES string of the molecule is CCOC(=O)c1nn(-c2ccc(Cl)cc2)ccc1=O. The second-order valence-electron chi connectivity index (χ2n) is 3.67. The van der Waals surface area contributed by atoms with Gasteiger partial charge in [-0.05, 0) is 31.2 Å². The van der Waals surface area contributed by atoms with Crippen molar-refractivity contribution < 1.29 is 9.53 Å². The van der Waals surface area contributed by atoms with E-state index in [2.05, 4.69) is 5.10 Å². The molecule has 0 aliphatic rings. The van der Waals surface area contributed by atoms with E-state index in [0.717, 1.165) is 0 Å². The third-order valence-corrected chi connectivity index (χ3v) is 2.62. The maximum Gasteiger partial charge on any atom is 0.362 e. The average Bonchev–Trinajstić information content (AvgIpc) is 2.40. The first-order valence-electron chi connectivity index (χ1n) is 5.65. The maximum atomic E-state index is 11.6. The summed E-state index contributed by atoms with van der Waals surface area (Å²) in [6.45, 7) is 1.86. The molecular formula is C13H11ClN2O3. The third kappa shape index (κ3) is 3.00. The van der Waals surface area contributed by atoms with Crippen molar-refractivity contribution in [3.63, 3.8) is 0 Å². The Labute approximate surface area is 114 Å². The molecule has 2 rings (SSSR count). The molecule has 0 spiro atoms. The van der Waals surface area contributed by atoms with Crippen molar-refractivity contribution in [3.05, 3.63) is 57.5 Å². The van der Waals surface area contributed by atoms with Gasteiger partial charge in [0.05, 0.1) is 12.3 Å². The number of hydrogen-bond acceptors (Lipinski definition) is 4. The van der Waals surface area contributed by atoms with Crippen LogP contribution in [0.2, 0.25) is 5.02 Å². The quantitative estimate of drug-likeness (QED) is 0.806. The van der Waals surface area contributed by atoms with Crippen molar-refractivity contribution >= 4 is 17.6 Å². The van der Waals surface area contributed by atoms with Gasteiger partial charge < -0.3 is 4.74 Å². The summed E-state index contributed by atoms with van der Waals surface area (Å²) in [5.74, 6) is -0.726. The van der Waals surface area contributed by atoms with Crippen LogP contribution in [0.4, 0.5) is 0 Å². The van der Waals surface area contributed by atoms with Crippen LogP contribution < -0.4 is 5.43 Å². The number of halogens is 1. The van der Waals surface area contributed by atoms with Gasteiger partial charge in [-0.2, -0.15) is 5.10 Å². The van der Waals surface area contributed by atoms with Gasteiger partial charge in [-0.1, -0.05) is 11.6 Å². The smallest absolute Gasteiger partial charge is 0.362 e. The summed E-state index contributed by atoms with van der Waals surface area (Å²) in [6.07, 6.45) is 1.48. The van der Waals surface area contributed by atoms with Crippen LogP contribution in [-0.2, 0) is 4.74 Å². The molecule has 0 radical (unpaired) electrons. The summed E-state index contributed by atoms with van der Waals surface area (Å²) in [5.41, 5.74) is -0.0158. The molecule has 0 N–H and O–H groups in total. The zero-order chi connectivity index (χ0) is 13.8. The summed E-state index contributed by atoms with van der Waals surface area (Å²) >= 11 is 5.79. The molecule has 0 bridgehead atoms. The highest BCUT2D eigenvalue weighted by Crippen LogP contribution is 2.12. The number of benzene rings is 1. The largest absolute Gasteiger partial charge is 0.461 e. The van der Waals surface area contributed by atoms with E-state index >= 15 is 0 Å². The van der Waals surface area contributed by atoms with Gasteiger partial charge in [-0.15, -0.1) is 0 Å². The van der Waals surface area contributed by atoms with Crippen LogP contribution in [0, 0.1) is 0 Å². The van der Waals surface area contributed by atoms with Gasteiger partial charge in [0.25, 0.3) is 0 Å². The minimum Gasteiger partial charge on any atom is -0.461 e. The fourth-order valence-corrected chi connectivity index (χ4v) is 1.61. The van der Waals surface area contributed by atoms with E-state index in [9.17, 15) is 9.59 Å². The molecule has 1 aromatic carbocycles. The number of aromatic nitrogens is 2. The Morgan fingerprint density at radius 1 is 1.32 bits per heavy atom. The molecule has 0 aliphatic heterocycles. The first-order chi connectivity index (χ1) is 9.11. The maximum absolute atomic E-state index is 11.6. The van der Waals surface area contributed by atoms with Crippen molar-refractivity contribution in [2.24, 2.45) is 0 Å². The van der Waals surface area contributed by atoms with Gasteiger partial charge >= 0.3 is 5.97 Å². The molecule has 0 saturated heterocycles. The fourth-order valence-electron chi connectivity index (χ4n) is 1.49. The number of ether oxygens (including phenoxy) is 1. The van der Waals surface area contributed by atoms with E-state index in [0.29, 0.717) is 10.7 Å². The van der Waals surface area contributed by atoms with Gasteiger partial charge in [-0.25, -0.2) is 9.48 Å². The van der Waals surface area contributed by atoms with Gasteiger partial charge in [0, 0.05) is 17.3 Å². The van der Waals surface area contributed by atoms with E-state index in [1.54, 1.807) is 31.2 Å². The molecule has 0 fully saturated rings. The van der Waals surface area contributed by atoms with E-state index in [-0.39, 0.29) is 12.3 Å². The van der Waals surface area contributed by atoms with Crippen molar-refractivity contribution in [3.8, 4) is 5.69 Å². The Balaban J connectivity index is 2.43. The Hall–Kier alpha value is -2.14. The van der Waals surface area contributed by atoms with Crippen LogP contribution >= 0.6 is 11.6 Å². The third-order valence-electron chi connectivity index (χ3n) is 2.37. The topological polar surface area (TPSA) is 61.2 Å². The number of carbonyl (C=O) groups excluding carboxylic acids is 1. The molecule has 1 heterocycles. The molecule has 2 aromatic rings. The summed E-state index contributed by atoms with van der Waals surface area (Å²) in [6, 6.07) is 8.12. The molecule has 19 heavy (non-hydrogen) atoms. The lowest BCUT2D eigenvalue weighted by atomic mass is 10.3. The second kappa shape index (κ2) is 5.67. The number of nitrogens with zero attached hydrogens (tertiary/aromatic N) is 2. The molecule has 0 amide bonds. The molecule has 5 nitrogen and oxygen atoms in total. The highest BCUT2D eigenvalue weighted by Gasteiger charge is 2.14. The molecule has 0 unspecified atom stereocenters. The van der Waals surface area contributed by atoms with E-state index < -0.39 is 11.4 Å². The highest BCUT2D eigenvalue weighted by molar-refractivity contribution is 6.30. The fraction of sp³-hybridized carbons (Fsp3) is 0.154. The molecular weight excluding hydrogens is 268 g/mol. The summed E-state index contributed by atoms with van der Waals surface area (Å²) in [7, 11) is 0. The number of esters is 1. The highest BCUT2D eigenvalue weighted by atomic mass is 35.5. The van der Waals surface area contributed by atoms with Gasteiger partial charge in [-0.3, -0.25) is 4.79 Å². The second-order valence-corrected chi connectivity index (χ2v) is 4.11. The molecule has 0 aliphatic carbocycles. The van der Waals surface area contributed by atoms with Crippen LogP contribution in [0.3, 0.4) is 0 Å². The predicted octanol–water partition coefficient (Wildman–Crippen LogP) is 2.06. The predicted molar refractivity (Wildman–Crippen MR) is 70.8 cm³/mol. The van der Waals surface area contributed by atoms with Gasteiger partial charge in [0.2, 0.25) is 11.1 Å². The Morgan fingerprint density at radius 2 is 2.00 bits per heavy atom. The molecule has 98 valence electrons. The van der Waals surface area contributed by atoms with E-state index in [1.165, 1.54) is 16.9 Å². The minimum absolute atomic E-state index is 0.190. The minimum atomic E-state index is -0.726. The van der Waals surface area contributed by atoms with Crippen molar-refractivity contribution in [1.82, 2.24) is 9.78 Å². The van der Waals surface area contributed by atoms with Crippen molar-refractivity contribution in [1.29, 1.82) is 0 Å². The normalized spacial score (nSPS) is 10.2. The zero-order valence-electron chi connectivity index (χ0n) is 10.2. The van der Waals surface area contributed by atoms with Crippen LogP contribution in [0.25, 0.3) is 5.69 Å². The van der Waals surface area contributed by atoms with Gasteiger partial charge in [0.15, 0.2) is 0 Å². The molecule has 0 saturated carbocycles. The molecule has 6 heteroatoms. The summed E-state index contributed by atoms with van der Waals surface area (Å²) in [4.78, 5) is 23.2. The molecule has 0 atom stereocenters. The summed E-state index contributed by atoms with van der Waals surface area (Å²) in [5, 5.41) is 4.57. The number of rotatable bonds is 3. The van der Waals surface area contributed by atoms with E-state index in [4.69, 9.17) is 16.3 Å². The Kier molecular flexibility index (Phi) is 3.97. The first-order valence-corrected chi connectivity index (χ1v) is 6.02. The van der Waals surface area contributed by atoms with E-state index in [1.807, 2.05) is 0 Å². The summed E-state index contributed by atoms with van der Waals surface area (Å²) < 4.78 is 6.20. The van der Waals surface area contributed by atoms with Gasteiger partial charge in [0.1, 0.15) is 0 Å². The van der Waals surface area contributed by atoms with Crippen LogP contribution in [0.15, 0.2) is 41.3 Å². The standard InChI is InChI=1S/C13H11ClN2O3/c1-2-19-13(18)12-11(17)7-8-16(15-12)10-5-3-9(14)4-6-10/h3-8H,2H2,1H3. The lowest BCUT2D eigenvalue weighted by molar-refractivity contribution is 0.0515. The Bertz CT molecular complexity index is 650. The molecule has 1 aromatic heterocycles. The lowest BCUT2D eigenvalue weighted by Gasteiger charge is -2.06. The van der Waals surface area contributed by atoms with Crippen molar-refractivity contribution in [2.75, 3.05) is 6.61 Å². The zero-order valence-corrected chi connectivity index (χ0v) is 10.9. The van der Waals surface area contributed by atoms with Crippen LogP contribution in [0.1, 0.15) is 17.4 Å². The van der Waals surface area contributed by atoms with Crippen LogP contribution in [0.5, 0.6) is 0 Å². The van der Waals surface area contributed by atoms with Crippen molar-refractivity contribution in [2.45, 2.75) is 6.92 Å². The van der Waals surface area contributed by atoms with Crippen LogP contribution in [-0.4, -0.2) is 22.4 Å². The first kappa shape index (κ1) is 13.3. The average molecular weight is 279 g/mol. The monoisotopic (exact) mass is 278 g/mol. The number of carbonyl (C=O) groups is 1. The lowest BCUT2D eigenvalue weighted by Crippen LogP contribution is -2.22. The Morgan fingerprint density at radius 3 is 2.63 bits per heavy atom.